The summed E-state index contributed by atoms with van der Waals surface area (Å²) in [5, 5.41) is 23.7. The number of carboxylic acids is 1. The average molecular weight is 811 g/mol. The molecule has 0 aliphatic heterocycles. The number of ether oxygens (including phenoxy) is 2. The summed E-state index contributed by atoms with van der Waals surface area (Å²) in [7, 11) is 1.58. The highest BCUT2D eigenvalue weighted by atomic mass is 35.5. The molecule has 2 unspecified atom stereocenters. The Morgan fingerprint density at radius 1 is 0.947 bits per heavy atom. The number of rotatable bonds is 17. The van der Waals surface area contributed by atoms with E-state index in [9.17, 15) is 37.5 Å². The molecule has 3 amide bonds. The van der Waals surface area contributed by atoms with E-state index in [0.717, 1.165) is 23.3 Å². The van der Waals surface area contributed by atoms with Gasteiger partial charge >= 0.3 is 30.0 Å². The summed E-state index contributed by atoms with van der Waals surface area (Å²) in [5.41, 5.74) is 1.81. The first kappa shape index (κ1) is 40.5. The average Bonchev–Trinajstić information content (AvgIpc) is 4.13. The predicted molar refractivity (Wildman–Crippen MR) is 200 cm³/mol. The second-order valence-electron chi connectivity index (χ2n) is 13.6. The first-order chi connectivity index (χ1) is 27.2. The van der Waals surface area contributed by atoms with Crippen molar-refractivity contribution >= 4 is 52.9 Å². The fraction of sp³-hybridized carbons (Fsp3) is 0.342. The molecule has 2 aliphatic carbocycles. The SMILES string of the molecule is COc1cccc(C2CC2CNC(=O)C(=O)NCC[C@H](NC(=O)c2ccc(Nc3nc(NC4(c5ccc(Cl)cc5)CC4)nc(OCC(F)(F)F)n3)cc2)C(=O)O)c1. The lowest BCUT2D eigenvalue weighted by Gasteiger charge is -2.19. The Labute approximate surface area is 329 Å². The van der Waals surface area contributed by atoms with E-state index in [-0.39, 0.29) is 42.3 Å². The third-order valence-corrected chi connectivity index (χ3v) is 9.63. The fourth-order valence-corrected chi connectivity index (χ4v) is 6.20. The van der Waals surface area contributed by atoms with Crippen LogP contribution >= 0.6 is 11.6 Å². The lowest BCUT2D eigenvalue weighted by molar-refractivity contribution is -0.154. The normalized spacial score (nSPS) is 17.0. The maximum absolute atomic E-state index is 13.0. The number of aromatic nitrogens is 3. The number of carbonyl (C=O) groups excluding carboxylic acids is 3. The number of hydrogen-bond donors (Lipinski definition) is 6. The molecule has 57 heavy (non-hydrogen) atoms. The van der Waals surface area contributed by atoms with Gasteiger partial charge in [-0.3, -0.25) is 14.4 Å². The highest BCUT2D eigenvalue weighted by Gasteiger charge is 2.45. The molecule has 1 aromatic heterocycles. The molecule has 15 nitrogen and oxygen atoms in total. The van der Waals surface area contributed by atoms with Crippen molar-refractivity contribution in [3.8, 4) is 11.8 Å². The number of carboxylic acid groups (broad SMARTS) is 1. The maximum Gasteiger partial charge on any atom is 0.422 e. The van der Waals surface area contributed by atoms with Gasteiger partial charge in [-0.2, -0.15) is 28.1 Å². The molecular weight excluding hydrogens is 773 g/mol. The van der Waals surface area contributed by atoms with Crippen molar-refractivity contribution in [3.63, 3.8) is 0 Å². The van der Waals surface area contributed by atoms with Gasteiger partial charge in [0.15, 0.2) is 6.61 Å². The number of nitrogens with zero attached hydrogens (tertiary/aromatic N) is 3. The van der Waals surface area contributed by atoms with Crippen LogP contribution in [0.25, 0.3) is 0 Å². The zero-order chi connectivity index (χ0) is 40.7. The van der Waals surface area contributed by atoms with E-state index in [1.165, 1.54) is 24.3 Å². The van der Waals surface area contributed by atoms with Gasteiger partial charge in [0.2, 0.25) is 11.9 Å². The molecule has 0 radical (unpaired) electrons. The summed E-state index contributed by atoms with van der Waals surface area (Å²) < 4.78 is 48.9. The first-order valence-electron chi connectivity index (χ1n) is 17.8. The third kappa shape index (κ3) is 11.2. The van der Waals surface area contributed by atoms with Gasteiger partial charge in [0.05, 0.1) is 12.6 Å². The molecule has 19 heteroatoms. The minimum absolute atomic E-state index is 0.0402. The van der Waals surface area contributed by atoms with Crippen molar-refractivity contribution in [1.82, 2.24) is 30.9 Å². The molecule has 6 rings (SSSR count). The molecule has 3 atom stereocenters. The van der Waals surface area contributed by atoms with E-state index in [1.807, 2.05) is 36.4 Å². The standard InChI is InChI=1S/C38H38ClF3N8O7/c1-56-27-4-2-3-22(17-27)28-18-23(28)19-44-32(53)31(52)43-16-13-29(33(54)55)46-30(51)21-5-11-26(12-6-21)45-34-47-35(49-36(48-34)57-20-38(40,41)42)50-37(14-15-37)24-7-9-25(39)10-8-24/h2-12,17,23,28-29H,13-16,18-20H2,1H3,(H,43,52)(H,44,53)(H,46,51)(H,54,55)(H2,45,47,48,49,50)/t23?,28?,29-/m0/s1. The Morgan fingerprint density at radius 3 is 2.32 bits per heavy atom. The van der Waals surface area contributed by atoms with E-state index in [2.05, 4.69) is 41.5 Å². The highest BCUT2D eigenvalue weighted by molar-refractivity contribution is 6.35. The number of amides is 3. The number of anilines is 3. The van der Waals surface area contributed by atoms with E-state index < -0.39 is 54.1 Å². The van der Waals surface area contributed by atoms with Gasteiger partial charge in [-0.25, -0.2) is 4.79 Å². The molecule has 2 saturated carbocycles. The fourth-order valence-electron chi connectivity index (χ4n) is 6.07. The first-order valence-corrected chi connectivity index (χ1v) is 18.2. The van der Waals surface area contributed by atoms with Crippen LogP contribution in [0.15, 0.2) is 72.8 Å². The molecule has 0 saturated heterocycles. The number of methoxy groups -OCH3 is 1. The van der Waals surface area contributed by atoms with Crippen molar-refractivity contribution in [1.29, 1.82) is 0 Å². The number of carbonyl (C=O) groups is 4. The van der Waals surface area contributed by atoms with Crippen LogP contribution in [0.5, 0.6) is 11.8 Å². The molecule has 0 spiro atoms. The van der Waals surface area contributed by atoms with Crippen molar-refractivity contribution in [2.24, 2.45) is 5.92 Å². The number of nitrogens with one attached hydrogen (secondary N) is 5. The summed E-state index contributed by atoms with van der Waals surface area (Å²) >= 11 is 6.03. The van der Waals surface area contributed by atoms with Gasteiger partial charge in [0, 0.05) is 29.4 Å². The van der Waals surface area contributed by atoms with E-state index in [1.54, 1.807) is 19.2 Å². The zero-order valence-corrected chi connectivity index (χ0v) is 31.1. The van der Waals surface area contributed by atoms with Crippen LogP contribution < -0.4 is 36.1 Å². The Balaban J connectivity index is 0.999. The summed E-state index contributed by atoms with van der Waals surface area (Å²) in [6.45, 7) is -1.54. The topological polar surface area (TPSA) is 206 Å². The van der Waals surface area contributed by atoms with Crippen LogP contribution in [0.4, 0.5) is 30.8 Å². The lowest BCUT2D eigenvalue weighted by Crippen LogP contribution is -2.45. The molecule has 6 N–H and O–H groups in total. The molecule has 3 aromatic carbocycles. The van der Waals surface area contributed by atoms with Crippen LogP contribution in [0, 0.1) is 5.92 Å². The molecule has 0 bridgehead atoms. The van der Waals surface area contributed by atoms with Gasteiger partial charge in [0.1, 0.15) is 11.8 Å². The molecule has 2 aliphatic rings. The lowest BCUT2D eigenvalue weighted by atomic mass is 10.1. The minimum atomic E-state index is -4.64. The Morgan fingerprint density at radius 2 is 1.65 bits per heavy atom. The van der Waals surface area contributed by atoms with Crippen molar-refractivity contribution in [2.45, 2.75) is 49.4 Å². The van der Waals surface area contributed by atoms with Crippen molar-refractivity contribution in [2.75, 3.05) is 37.4 Å². The number of alkyl halides is 3. The monoisotopic (exact) mass is 810 g/mol. The Kier molecular flexibility index (Phi) is 12.3. The van der Waals surface area contributed by atoms with Gasteiger partial charge in [-0.05, 0) is 97.2 Å². The number of halogens is 4. The third-order valence-electron chi connectivity index (χ3n) is 9.38. The van der Waals surface area contributed by atoms with Crippen molar-refractivity contribution < 1.29 is 46.9 Å². The number of benzene rings is 3. The quantitative estimate of drug-likeness (QED) is 0.0786. The molecule has 1 heterocycles. The minimum Gasteiger partial charge on any atom is -0.497 e. The summed E-state index contributed by atoms with van der Waals surface area (Å²) in [4.78, 5) is 61.9. The predicted octanol–water partition coefficient (Wildman–Crippen LogP) is 4.93. The molecule has 300 valence electrons. The smallest absolute Gasteiger partial charge is 0.422 e. The van der Waals surface area contributed by atoms with Gasteiger partial charge in [-0.1, -0.05) is 35.9 Å². The van der Waals surface area contributed by atoms with E-state index in [0.29, 0.717) is 30.1 Å². The Hall–Kier alpha value is -6.17. The molecular formula is C38H38ClF3N8O7. The van der Waals surface area contributed by atoms with Gasteiger partial charge in [0.25, 0.3) is 5.91 Å². The number of aliphatic carboxylic acids is 1. The Bertz CT molecular complexity index is 2100. The second-order valence-corrected chi connectivity index (χ2v) is 14.0. The van der Waals surface area contributed by atoms with Crippen LogP contribution in [0.1, 0.15) is 53.1 Å². The van der Waals surface area contributed by atoms with Crippen LogP contribution in [0.3, 0.4) is 0 Å². The molecule has 4 aromatic rings. The van der Waals surface area contributed by atoms with Crippen LogP contribution in [-0.4, -0.2) is 82.8 Å². The summed E-state index contributed by atoms with van der Waals surface area (Å²) in [6.07, 6.45) is -2.60. The van der Waals surface area contributed by atoms with Gasteiger partial charge in [-0.15, -0.1) is 0 Å². The van der Waals surface area contributed by atoms with Crippen LogP contribution in [-0.2, 0) is 19.9 Å². The molecule has 2 fully saturated rings. The zero-order valence-electron chi connectivity index (χ0n) is 30.4. The summed E-state index contributed by atoms with van der Waals surface area (Å²) in [6, 6.07) is 18.4. The highest BCUT2D eigenvalue weighted by Crippen LogP contribution is 2.48. The largest absolute Gasteiger partial charge is 0.497 e. The maximum atomic E-state index is 13.0. The second kappa shape index (κ2) is 17.3. The van der Waals surface area contributed by atoms with E-state index in [4.69, 9.17) is 21.1 Å². The van der Waals surface area contributed by atoms with Crippen molar-refractivity contribution in [3.05, 3.63) is 94.5 Å². The van der Waals surface area contributed by atoms with Crippen LogP contribution in [0.2, 0.25) is 5.02 Å². The summed E-state index contributed by atoms with van der Waals surface area (Å²) in [5.74, 6) is -2.92. The van der Waals surface area contributed by atoms with Gasteiger partial charge < -0.3 is 41.2 Å². The number of hydrogen-bond acceptors (Lipinski definition) is 11. The van der Waals surface area contributed by atoms with E-state index >= 15 is 0 Å².